The zero-order valence-corrected chi connectivity index (χ0v) is 15.2. The number of hydrazone groups is 1. The van der Waals surface area contributed by atoms with Crippen molar-refractivity contribution in [2.24, 2.45) is 5.10 Å². The maximum Gasteiger partial charge on any atom is 0.379 e. The Labute approximate surface area is 162 Å². The number of nitrogens with one attached hydrogen (secondary N) is 2. The smallest absolute Gasteiger partial charge is 0.379 e. The van der Waals surface area contributed by atoms with Crippen LogP contribution in [0, 0.1) is 6.92 Å². The van der Waals surface area contributed by atoms with Crippen molar-refractivity contribution in [3.63, 3.8) is 0 Å². The van der Waals surface area contributed by atoms with Crippen LogP contribution in [0.2, 0.25) is 0 Å². The molecule has 0 aliphatic rings. The Kier molecular flexibility index (Phi) is 6.20. The highest BCUT2D eigenvalue weighted by Gasteiger charge is 2.11. The molecule has 0 atom stereocenters. The van der Waals surface area contributed by atoms with Gasteiger partial charge in [0.1, 0.15) is 5.75 Å². The van der Waals surface area contributed by atoms with Crippen molar-refractivity contribution in [3.05, 3.63) is 83.8 Å². The molecule has 2 aromatic carbocycles. The summed E-state index contributed by atoms with van der Waals surface area (Å²) < 4.78 is 10.2. The summed E-state index contributed by atoms with van der Waals surface area (Å²) >= 11 is 0. The molecule has 7 heteroatoms. The van der Waals surface area contributed by atoms with Crippen LogP contribution >= 0.6 is 0 Å². The highest BCUT2D eigenvalue weighted by atomic mass is 16.5. The van der Waals surface area contributed by atoms with Crippen molar-refractivity contribution in [3.8, 4) is 5.75 Å². The Morgan fingerprint density at radius 3 is 2.68 bits per heavy atom. The van der Waals surface area contributed by atoms with Crippen molar-refractivity contribution >= 4 is 23.8 Å². The number of rotatable bonds is 7. The first-order valence-electron chi connectivity index (χ1n) is 8.58. The molecule has 0 radical (unpaired) electrons. The number of hydrogen-bond acceptors (Lipinski definition) is 6. The molecule has 7 nitrogen and oxygen atoms in total. The van der Waals surface area contributed by atoms with Gasteiger partial charge < -0.3 is 14.5 Å². The second kappa shape index (κ2) is 9.18. The summed E-state index contributed by atoms with van der Waals surface area (Å²) in [6.45, 7) is 2.10. The van der Waals surface area contributed by atoms with Crippen molar-refractivity contribution in [1.29, 1.82) is 0 Å². The molecule has 0 aliphatic heterocycles. The van der Waals surface area contributed by atoms with Crippen molar-refractivity contribution in [2.75, 3.05) is 11.9 Å². The number of carbonyl (C=O) groups excluding carboxylic acids is 2. The molecule has 2 N–H and O–H groups in total. The SMILES string of the molecule is Cc1ccc(NCC(=O)NN=Cc2cccc(OC(=O)c3ccco3)c2)cc1. The number of hydrogen-bond donors (Lipinski definition) is 2. The van der Waals surface area contributed by atoms with Crippen LogP contribution in [0.1, 0.15) is 21.7 Å². The van der Waals surface area contributed by atoms with Crippen LogP contribution in [-0.2, 0) is 4.79 Å². The summed E-state index contributed by atoms with van der Waals surface area (Å²) in [5.41, 5.74) is 5.11. The third-order valence-corrected chi connectivity index (χ3v) is 3.70. The van der Waals surface area contributed by atoms with Gasteiger partial charge in [0.15, 0.2) is 0 Å². The molecule has 1 heterocycles. The maximum absolute atomic E-state index is 11.9. The van der Waals surface area contributed by atoms with Crippen molar-refractivity contribution in [1.82, 2.24) is 5.43 Å². The number of amides is 1. The Bertz CT molecular complexity index is 964. The number of carbonyl (C=O) groups is 2. The van der Waals surface area contributed by atoms with Crippen LogP contribution in [0.3, 0.4) is 0 Å². The first-order valence-corrected chi connectivity index (χ1v) is 8.58. The number of esters is 1. The molecular formula is C21H19N3O4. The van der Waals surface area contributed by atoms with E-state index < -0.39 is 5.97 Å². The lowest BCUT2D eigenvalue weighted by atomic mass is 10.2. The van der Waals surface area contributed by atoms with Gasteiger partial charge in [0, 0.05) is 5.69 Å². The van der Waals surface area contributed by atoms with Crippen LogP contribution in [0.5, 0.6) is 5.75 Å². The molecule has 0 bridgehead atoms. The van der Waals surface area contributed by atoms with Crippen LogP contribution in [-0.4, -0.2) is 24.6 Å². The van der Waals surface area contributed by atoms with Gasteiger partial charge in [0.25, 0.3) is 5.91 Å². The molecule has 0 unspecified atom stereocenters. The summed E-state index contributed by atoms with van der Waals surface area (Å²) in [6, 6.07) is 17.6. The minimum absolute atomic E-state index is 0.0984. The highest BCUT2D eigenvalue weighted by molar-refractivity contribution is 5.89. The zero-order chi connectivity index (χ0) is 19.8. The molecule has 0 saturated heterocycles. The van der Waals surface area contributed by atoms with Gasteiger partial charge in [0.2, 0.25) is 5.76 Å². The van der Waals surface area contributed by atoms with E-state index in [-0.39, 0.29) is 18.2 Å². The number of nitrogens with zero attached hydrogens (tertiary/aromatic N) is 1. The summed E-state index contributed by atoms with van der Waals surface area (Å²) in [5, 5.41) is 6.93. The van der Waals surface area contributed by atoms with Crippen LogP contribution in [0.15, 0.2) is 76.4 Å². The zero-order valence-electron chi connectivity index (χ0n) is 15.2. The molecule has 1 amide bonds. The number of furan rings is 1. The lowest BCUT2D eigenvalue weighted by molar-refractivity contribution is -0.119. The van der Waals surface area contributed by atoms with E-state index in [9.17, 15) is 9.59 Å². The third kappa shape index (κ3) is 5.57. The lowest BCUT2D eigenvalue weighted by Gasteiger charge is -2.05. The van der Waals surface area contributed by atoms with E-state index in [1.54, 1.807) is 30.3 Å². The summed E-state index contributed by atoms with van der Waals surface area (Å²) in [4.78, 5) is 23.7. The fraction of sp³-hybridized carbons (Fsp3) is 0.0952. The summed E-state index contributed by atoms with van der Waals surface area (Å²) in [6.07, 6.45) is 2.87. The molecule has 0 spiro atoms. The van der Waals surface area contributed by atoms with Gasteiger partial charge in [-0.15, -0.1) is 0 Å². The van der Waals surface area contributed by atoms with Crippen molar-refractivity contribution < 1.29 is 18.7 Å². The third-order valence-electron chi connectivity index (χ3n) is 3.70. The van der Waals surface area contributed by atoms with E-state index in [1.807, 2.05) is 31.2 Å². The monoisotopic (exact) mass is 377 g/mol. The molecular weight excluding hydrogens is 358 g/mol. The fourth-order valence-corrected chi connectivity index (χ4v) is 2.28. The molecule has 0 aliphatic carbocycles. The van der Waals surface area contributed by atoms with Gasteiger partial charge in [-0.25, -0.2) is 10.2 Å². The molecule has 1 aromatic heterocycles. The standard InChI is InChI=1S/C21H19N3O4/c1-15-7-9-17(10-8-15)22-14-20(25)24-23-13-16-4-2-5-18(12-16)28-21(26)19-6-3-11-27-19/h2-13,22H,14H2,1H3,(H,24,25). The van der Waals surface area contributed by atoms with Gasteiger partial charge in [-0.3, -0.25) is 4.79 Å². The van der Waals surface area contributed by atoms with E-state index in [0.717, 1.165) is 11.3 Å². The molecule has 28 heavy (non-hydrogen) atoms. The summed E-state index contributed by atoms with van der Waals surface area (Å²) in [5.74, 6) is -0.406. The fourth-order valence-electron chi connectivity index (χ4n) is 2.28. The Morgan fingerprint density at radius 2 is 1.93 bits per heavy atom. The van der Waals surface area contributed by atoms with Crippen LogP contribution < -0.4 is 15.5 Å². The van der Waals surface area contributed by atoms with E-state index in [0.29, 0.717) is 11.3 Å². The molecule has 142 valence electrons. The largest absolute Gasteiger partial charge is 0.457 e. The quantitative estimate of drug-likeness (QED) is 0.285. The van der Waals surface area contributed by atoms with Crippen LogP contribution in [0.4, 0.5) is 5.69 Å². The number of benzene rings is 2. The van der Waals surface area contributed by atoms with Gasteiger partial charge >= 0.3 is 5.97 Å². The molecule has 3 rings (SSSR count). The minimum atomic E-state index is -0.588. The number of anilines is 1. The van der Waals surface area contributed by atoms with E-state index in [4.69, 9.17) is 9.15 Å². The molecule has 3 aromatic rings. The molecule has 0 saturated carbocycles. The van der Waals surface area contributed by atoms with Gasteiger partial charge in [0.05, 0.1) is 19.0 Å². The Hall–Kier alpha value is -3.87. The molecule has 0 fully saturated rings. The first kappa shape index (κ1) is 18.9. The topological polar surface area (TPSA) is 92.9 Å². The van der Waals surface area contributed by atoms with Crippen LogP contribution in [0.25, 0.3) is 0 Å². The normalized spacial score (nSPS) is 10.6. The van der Waals surface area contributed by atoms with Gasteiger partial charge in [-0.05, 0) is 48.9 Å². The lowest BCUT2D eigenvalue weighted by Crippen LogP contribution is -2.25. The second-order valence-electron chi connectivity index (χ2n) is 5.95. The van der Waals surface area contributed by atoms with E-state index in [2.05, 4.69) is 15.8 Å². The van der Waals surface area contributed by atoms with Gasteiger partial charge in [-0.1, -0.05) is 29.8 Å². The predicted molar refractivity (Wildman–Crippen MR) is 106 cm³/mol. The maximum atomic E-state index is 11.9. The summed E-state index contributed by atoms with van der Waals surface area (Å²) in [7, 11) is 0. The van der Waals surface area contributed by atoms with Gasteiger partial charge in [-0.2, -0.15) is 5.10 Å². The minimum Gasteiger partial charge on any atom is -0.457 e. The number of ether oxygens (including phenoxy) is 1. The Morgan fingerprint density at radius 1 is 1.11 bits per heavy atom. The average molecular weight is 377 g/mol. The van der Waals surface area contributed by atoms with E-state index >= 15 is 0 Å². The first-order chi connectivity index (χ1) is 13.6. The van der Waals surface area contributed by atoms with E-state index in [1.165, 1.54) is 18.5 Å². The highest BCUT2D eigenvalue weighted by Crippen LogP contribution is 2.14. The second-order valence-corrected chi connectivity index (χ2v) is 5.95. The van der Waals surface area contributed by atoms with Crippen molar-refractivity contribution in [2.45, 2.75) is 6.92 Å². The Balaban J connectivity index is 1.49. The predicted octanol–water partition coefficient (Wildman–Crippen LogP) is 3.37. The number of aryl methyl sites for hydroxylation is 1. The average Bonchev–Trinajstić information content (AvgIpc) is 3.23.